The summed E-state index contributed by atoms with van der Waals surface area (Å²) in [5, 5.41) is 0.593. The summed E-state index contributed by atoms with van der Waals surface area (Å²) in [7, 11) is -2.96. The van der Waals surface area contributed by atoms with Crippen LogP contribution < -0.4 is 5.48 Å². The van der Waals surface area contributed by atoms with E-state index in [2.05, 4.69) is 9.76 Å². The molecule has 144 valence electrons. The van der Waals surface area contributed by atoms with Crippen LogP contribution in [-0.4, -0.2) is 58.1 Å². The second kappa shape index (κ2) is 6.87. The minimum atomic E-state index is -4.82. The monoisotopic (exact) mass is 388 g/mol. The van der Waals surface area contributed by atoms with E-state index in [0.29, 0.717) is 17.9 Å². The molecule has 2 bridgehead atoms. The van der Waals surface area contributed by atoms with Crippen LogP contribution in [0.5, 0.6) is 0 Å². The zero-order chi connectivity index (χ0) is 19.1. The first kappa shape index (κ1) is 18.6. The van der Waals surface area contributed by atoms with Crippen molar-refractivity contribution in [2.45, 2.75) is 38.0 Å². The number of hydrogen-bond donors (Lipinski definition) is 2. The van der Waals surface area contributed by atoms with Gasteiger partial charge in [0.05, 0.1) is 6.04 Å². The van der Waals surface area contributed by atoms with Crippen LogP contribution in [0.2, 0.25) is 0 Å². The molecule has 12 heteroatoms. The molecule has 0 spiro atoms. The number of aromatic nitrogens is 1. The third-order valence-electron chi connectivity index (χ3n) is 4.54. The summed E-state index contributed by atoms with van der Waals surface area (Å²) < 4.78 is 36.7. The van der Waals surface area contributed by atoms with Crippen molar-refractivity contribution >= 4 is 22.3 Å². The van der Waals surface area contributed by atoms with E-state index in [1.165, 1.54) is 4.90 Å². The van der Waals surface area contributed by atoms with E-state index in [1.807, 2.05) is 29.9 Å². The van der Waals surface area contributed by atoms with Crippen LogP contribution in [0.1, 0.15) is 31.6 Å². The maximum absolute atomic E-state index is 12.4. The van der Waals surface area contributed by atoms with Crippen LogP contribution in [0, 0.1) is 0 Å². The fraction of sp³-hybridized carbons (Fsp3) is 0.571. The first-order chi connectivity index (χ1) is 12.2. The Morgan fingerprint density at radius 2 is 2.15 bits per heavy atom. The van der Waals surface area contributed by atoms with Crippen molar-refractivity contribution in [2.24, 2.45) is 7.05 Å². The van der Waals surface area contributed by atoms with Crippen LogP contribution in [0.25, 0.3) is 0 Å². The van der Waals surface area contributed by atoms with Gasteiger partial charge in [0.15, 0.2) is 0 Å². The molecule has 11 nitrogen and oxygen atoms in total. The Kier molecular flexibility index (Phi) is 4.92. The van der Waals surface area contributed by atoms with E-state index in [1.54, 1.807) is 6.92 Å². The Hall–Kier alpha value is -2.15. The molecule has 1 aromatic rings. The Morgan fingerprint density at radius 3 is 2.77 bits per heavy atom. The maximum Gasteiger partial charge on any atom is 0.418 e. The third-order valence-corrected chi connectivity index (χ3v) is 4.89. The molecule has 2 aliphatic heterocycles. The maximum atomic E-state index is 12.4. The summed E-state index contributed by atoms with van der Waals surface area (Å²) in [4.78, 5) is 31.3. The lowest BCUT2D eigenvalue weighted by atomic mass is 10.0. The Morgan fingerprint density at radius 1 is 1.42 bits per heavy atom. The van der Waals surface area contributed by atoms with Crippen LogP contribution in [0.3, 0.4) is 0 Å². The first-order valence-electron chi connectivity index (χ1n) is 8.01. The zero-order valence-electron chi connectivity index (χ0n) is 14.2. The van der Waals surface area contributed by atoms with E-state index in [9.17, 15) is 18.0 Å². The molecule has 3 amide bonds. The Labute approximate surface area is 150 Å². The average Bonchev–Trinajstić information content (AvgIpc) is 3.09. The molecule has 26 heavy (non-hydrogen) atoms. The second-order valence-corrected chi connectivity index (χ2v) is 7.28. The summed E-state index contributed by atoms with van der Waals surface area (Å²) in [6, 6.07) is 1.56. The van der Waals surface area contributed by atoms with Crippen molar-refractivity contribution in [2.75, 3.05) is 6.54 Å². The smallest absolute Gasteiger partial charge is 0.352 e. The predicted molar refractivity (Wildman–Crippen MR) is 86.4 cm³/mol. The molecule has 3 heterocycles. The van der Waals surface area contributed by atoms with Gasteiger partial charge in [-0.2, -0.15) is 13.5 Å². The van der Waals surface area contributed by atoms with E-state index in [0.717, 1.165) is 5.69 Å². The predicted octanol–water partition coefficient (Wildman–Crippen LogP) is 0.137. The van der Waals surface area contributed by atoms with Gasteiger partial charge in [-0.25, -0.2) is 10.3 Å². The molecule has 2 fully saturated rings. The number of nitrogens with one attached hydrogen (secondary N) is 1. The SMILES string of the molecule is CC(ONC(=O)[C@@H]1CC[C@@H]2CN1C(=O)N2OS(=O)(=O)O)c1cccn1C. The van der Waals surface area contributed by atoms with Crippen LogP contribution in [-0.2, 0) is 31.4 Å². The van der Waals surface area contributed by atoms with E-state index < -0.39 is 40.5 Å². The minimum absolute atomic E-state index is 0.125. The third kappa shape index (κ3) is 3.67. The quantitative estimate of drug-likeness (QED) is 0.523. The molecule has 3 atom stereocenters. The molecule has 0 aliphatic carbocycles. The van der Waals surface area contributed by atoms with Gasteiger partial charge >= 0.3 is 16.4 Å². The first-order valence-corrected chi connectivity index (χ1v) is 9.37. The lowest BCUT2D eigenvalue weighted by Gasteiger charge is -2.29. The number of amides is 3. The highest BCUT2D eigenvalue weighted by Gasteiger charge is 2.49. The number of aryl methyl sites for hydroxylation is 1. The topological polar surface area (TPSA) is 130 Å². The fourth-order valence-electron chi connectivity index (χ4n) is 3.28. The van der Waals surface area contributed by atoms with Crippen LogP contribution >= 0.6 is 0 Å². The lowest BCUT2D eigenvalue weighted by Crippen LogP contribution is -2.49. The summed E-state index contributed by atoms with van der Waals surface area (Å²) in [6.07, 6.45) is 2.12. The van der Waals surface area contributed by atoms with E-state index >= 15 is 0 Å². The van der Waals surface area contributed by atoms with Crippen molar-refractivity contribution < 1.29 is 31.7 Å². The Bertz CT molecular complexity index is 808. The number of carbonyl (C=O) groups is 2. The summed E-state index contributed by atoms with van der Waals surface area (Å²) in [5.41, 5.74) is 3.22. The van der Waals surface area contributed by atoms with E-state index in [-0.39, 0.29) is 6.54 Å². The van der Waals surface area contributed by atoms with Gasteiger partial charge in [0.25, 0.3) is 5.91 Å². The van der Waals surface area contributed by atoms with Gasteiger partial charge in [-0.3, -0.25) is 14.2 Å². The molecule has 0 radical (unpaired) electrons. The highest BCUT2D eigenvalue weighted by molar-refractivity contribution is 7.80. The number of hydroxylamine groups is 3. The standard InChI is InChI=1S/C14H20N4O7S/c1-9(11-4-3-7-16(11)2)24-15-13(19)12-6-5-10-8-17(12)14(20)18(10)25-26(21,22)23/h3-4,7,9-10,12H,5-6,8H2,1-2H3,(H,15,19)(H,21,22,23)/t9?,10-,12+/m1/s1. The number of nitrogens with zero attached hydrogens (tertiary/aromatic N) is 3. The van der Waals surface area contributed by atoms with Gasteiger partial charge in [0, 0.05) is 25.5 Å². The molecular weight excluding hydrogens is 368 g/mol. The van der Waals surface area contributed by atoms with Crippen molar-refractivity contribution in [1.82, 2.24) is 20.0 Å². The molecule has 1 unspecified atom stereocenters. The second-order valence-electron chi connectivity index (χ2n) is 6.28. The fourth-order valence-corrected chi connectivity index (χ4v) is 3.66. The summed E-state index contributed by atoms with van der Waals surface area (Å²) >= 11 is 0. The van der Waals surface area contributed by atoms with Gasteiger partial charge in [0.1, 0.15) is 12.1 Å². The van der Waals surface area contributed by atoms with Crippen molar-refractivity contribution in [3.63, 3.8) is 0 Å². The molecule has 0 aromatic carbocycles. The average molecular weight is 388 g/mol. The summed E-state index contributed by atoms with van der Waals surface area (Å²) in [6.45, 7) is 1.90. The van der Waals surface area contributed by atoms with Crippen LogP contribution in [0.4, 0.5) is 4.79 Å². The Balaban J connectivity index is 1.61. The molecule has 2 saturated heterocycles. The van der Waals surface area contributed by atoms with Crippen molar-refractivity contribution in [1.29, 1.82) is 0 Å². The largest absolute Gasteiger partial charge is 0.418 e. The highest BCUT2D eigenvalue weighted by atomic mass is 32.3. The van der Waals surface area contributed by atoms with Gasteiger partial charge in [0.2, 0.25) is 0 Å². The van der Waals surface area contributed by atoms with Gasteiger partial charge in [-0.05, 0) is 31.9 Å². The number of urea groups is 1. The highest BCUT2D eigenvalue weighted by Crippen LogP contribution is 2.30. The number of carbonyl (C=O) groups excluding carboxylic acids is 2. The number of rotatable bonds is 6. The summed E-state index contributed by atoms with van der Waals surface area (Å²) in [5.74, 6) is -0.508. The molecule has 3 rings (SSSR count). The molecule has 2 N–H and O–H groups in total. The number of piperidine rings is 1. The van der Waals surface area contributed by atoms with Gasteiger partial charge in [-0.1, -0.05) is 0 Å². The molecule has 2 aliphatic rings. The van der Waals surface area contributed by atoms with Gasteiger partial charge < -0.3 is 9.47 Å². The van der Waals surface area contributed by atoms with E-state index in [4.69, 9.17) is 9.39 Å². The number of fused-ring (bicyclic) bond motifs is 2. The normalized spacial score (nSPS) is 24.0. The molecule has 1 aromatic heterocycles. The van der Waals surface area contributed by atoms with Gasteiger partial charge in [-0.15, -0.1) is 4.28 Å². The van der Waals surface area contributed by atoms with Crippen molar-refractivity contribution in [3.05, 3.63) is 24.0 Å². The zero-order valence-corrected chi connectivity index (χ0v) is 15.0. The van der Waals surface area contributed by atoms with Crippen molar-refractivity contribution in [3.8, 4) is 0 Å². The number of hydrogen-bond acceptors (Lipinski definition) is 6. The molecular formula is C14H20N4O7S. The lowest BCUT2D eigenvalue weighted by molar-refractivity contribution is -0.143. The van der Waals surface area contributed by atoms with Crippen LogP contribution in [0.15, 0.2) is 18.3 Å². The molecule has 0 saturated carbocycles. The minimum Gasteiger partial charge on any atom is -0.352 e.